The van der Waals surface area contributed by atoms with Gasteiger partial charge in [-0.1, -0.05) is 20.8 Å². The summed E-state index contributed by atoms with van der Waals surface area (Å²) in [6.07, 6.45) is 2.87. The molecule has 0 bridgehead atoms. The highest BCUT2D eigenvalue weighted by Gasteiger charge is 2.26. The van der Waals surface area contributed by atoms with Crippen molar-refractivity contribution in [2.75, 3.05) is 11.1 Å². The number of rotatable bonds is 3. The molecular weight excluding hydrogens is 200 g/mol. The number of hydrogen-bond donors (Lipinski definition) is 2. The summed E-state index contributed by atoms with van der Waals surface area (Å²) >= 11 is 0. The maximum absolute atomic E-state index is 5.87. The van der Waals surface area contributed by atoms with Crippen molar-refractivity contribution >= 4 is 11.5 Å². The van der Waals surface area contributed by atoms with Gasteiger partial charge >= 0.3 is 0 Å². The third kappa shape index (κ3) is 3.76. The van der Waals surface area contributed by atoms with E-state index in [-0.39, 0.29) is 11.0 Å². The molecule has 92 valence electrons. The highest BCUT2D eigenvalue weighted by atomic mass is 15.3. The summed E-state index contributed by atoms with van der Waals surface area (Å²) in [7, 11) is 1.87. The van der Waals surface area contributed by atoms with E-state index < -0.39 is 0 Å². The summed E-state index contributed by atoms with van der Waals surface area (Å²) in [4.78, 5) is 0. The number of nitrogens with two attached hydrogens (primary N) is 1. The highest BCUT2D eigenvalue weighted by molar-refractivity contribution is 5.60. The Bertz CT molecular complexity index is 358. The molecular formula is C12H24N4. The van der Waals surface area contributed by atoms with Crippen LogP contribution in [0.15, 0.2) is 6.20 Å². The second-order valence-electron chi connectivity index (χ2n) is 6.35. The van der Waals surface area contributed by atoms with Gasteiger partial charge in [-0.15, -0.1) is 0 Å². The number of nitrogens with zero attached hydrogens (tertiary/aromatic N) is 2. The van der Waals surface area contributed by atoms with Crippen LogP contribution in [0.3, 0.4) is 0 Å². The average Bonchev–Trinajstić information content (AvgIpc) is 2.22. The first-order valence-corrected chi connectivity index (χ1v) is 5.66. The SMILES string of the molecule is Cn1cc(N)c(NC(C)(C)CC(C)(C)C)n1. The first-order valence-electron chi connectivity index (χ1n) is 5.66. The van der Waals surface area contributed by atoms with Gasteiger partial charge in [0.2, 0.25) is 0 Å². The molecule has 0 aromatic carbocycles. The summed E-state index contributed by atoms with van der Waals surface area (Å²) in [5.74, 6) is 0.775. The van der Waals surface area contributed by atoms with E-state index in [0.29, 0.717) is 5.69 Å². The molecule has 1 aromatic heterocycles. The minimum atomic E-state index is -0.0132. The Balaban J connectivity index is 2.76. The topological polar surface area (TPSA) is 55.9 Å². The summed E-state index contributed by atoms with van der Waals surface area (Å²) in [5, 5.41) is 7.71. The lowest BCUT2D eigenvalue weighted by Gasteiger charge is -2.33. The van der Waals surface area contributed by atoms with Crippen LogP contribution >= 0.6 is 0 Å². The van der Waals surface area contributed by atoms with Crippen molar-refractivity contribution in [1.29, 1.82) is 0 Å². The van der Waals surface area contributed by atoms with Crippen molar-refractivity contribution in [1.82, 2.24) is 9.78 Å². The van der Waals surface area contributed by atoms with Crippen molar-refractivity contribution in [3.63, 3.8) is 0 Å². The van der Waals surface area contributed by atoms with E-state index in [1.54, 1.807) is 4.68 Å². The molecule has 3 N–H and O–H groups in total. The summed E-state index contributed by atoms with van der Waals surface area (Å²) in [6, 6.07) is 0. The van der Waals surface area contributed by atoms with Crippen molar-refractivity contribution in [2.45, 2.75) is 46.6 Å². The second-order valence-corrected chi connectivity index (χ2v) is 6.35. The zero-order valence-corrected chi connectivity index (χ0v) is 11.3. The first-order chi connectivity index (χ1) is 7.09. The monoisotopic (exact) mass is 224 g/mol. The maximum Gasteiger partial charge on any atom is 0.171 e. The van der Waals surface area contributed by atoms with Gasteiger partial charge in [-0.3, -0.25) is 4.68 Å². The van der Waals surface area contributed by atoms with Crippen molar-refractivity contribution in [2.24, 2.45) is 12.5 Å². The fourth-order valence-corrected chi connectivity index (χ4v) is 2.29. The molecule has 4 heteroatoms. The van der Waals surface area contributed by atoms with Crippen LogP contribution in [0.4, 0.5) is 11.5 Å². The number of aromatic nitrogens is 2. The molecule has 0 saturated heterocycles. The van der Waals surface area contributed by atoms with Crippen molar-refractivity contribution < 1.29 is 0 Å². The molecule has 0 radical (unpaired) electrons. The first kappa shape index (κ1) is 12.9. The van der Waals surface area contributed by atoms with Gasteiger partial charge in [0.25, 0.3) is 0 Å². The third-order valence-electron chi connectivity index (χ3n) is 2.29. The normalized spacial score (nSPS) is 12.9. The van der Waals surface area contributed by atoms with Gasteiger partial charge in [-0.2, -0.15) is 5.10 Å². The zero-order valence-electron chi connectivity index (χ0n) is 11.3. The van der Waals surface area contributed by atoms with E-state index in [1.165, 1.54) is 0 Å². The van der Waals surface area contributed by atoms with Crippen LogP contribution in [-0.2, 0) is 7.05 Å². The maximum atomic E-state index is 5.87. The lowest BCUT2D eigenvalue weighted by atomic mass is 9.82. The van der Waals surface area contributed by atoms with Gasteiger partial charge in [0.15, 0.2) is 5.82 Å². The Kier molecular flexibility index (Phi) is 3.22. The molecule has 0 aliphatic rings. The molecule has 0 amide bonds. The number of anilines is 2. The predicted molar refractivity (Wildman–Crippen MR) is 69.4 cm³/mol. The van der Waals surface area contributed by atoms with Crippen molar-refractivity contribution in [3.8, 4) is 0 Å². The smallest absolute Gasteiger partial charge is 0.171 e. The van der Waals surface area contributed by atoms with Crippen LogP contribution in [0.1, 0.15) is 41.0 Å². The highest BCUT2D eigenvalue weighted by Crippen LogP contribution is 2.30. The molecule has 0 saturated carbocycles. The third-order valence-corrected chi connectivity index (χ3v) is 2.29. The van der Waals surface area contributed by atoms with Gasteiger partial charge in [-0.25, -0.2) is 0 Å². The minimum Gasteiger partial charge on any atom is -0.394 e. The average molecular weight is 224 g/mol. The number of nitrogens with one attached hydrogen (secondary N) is 1. The zero-order chi connectivity index (χ0) is 12.6. The van der Waals surface area contributed by atoms with Gasteiger partial charge in [0.05, 0.1) is 5.69 Å². The number of aryl methyl sites for hydroxylation is 1. The van der Waals surface area contributed by atoms with Crippen LogP contribution < -0.4 is 11.1 Å². The predicted octanol–water partition coefficient (Wildman–Crippen LogP) is 2.63. The van der Waals surface area contributed by atoms with Gasteiger partial charge in [0.1, 0.15) is 0 Å². The summed E-state index contributed by atoms with van der Waals surface area (Å²) in [6.45, 7) is 11.0. The second kappa shape index (κ2) is 4.00. The van der Waals surface area contributed by atoms with Crippen molar-refractivity contribution in [3.05, 3.63) is 6.20 Å². The molecule has 0 aliphatic carbocycles. The Morgan fingerprint density at radius 3 is 2.25 bits per heavy atom. The van der Waals surface area contributed by atoms with E-state index >= 15 is 0 Å². The number of nitrogen functional groups attached to an aromatic ring is 1. The standard InChI is InChI=1S/C12H24N4/c1-11(2,3)8-12(4,5)14-10-9(13)7-16(6)15-10/h7H,8,13H2,1-6H3,(H,14,15). The van der Waals surface area contributed by atoms with E-state index in [9.17, 15) is 0 Å². The molecule has 0 atom stereocenters. The fourth-order valence-electron chi connectivity index (χ4n) is 2.29. The van der Waals surface area contributed by atoms with Crippen LogP contribution in [0.2, 0.25) is 0 Å². The van der Waals surface area contributed by atoms with Gasteiger partial charge in [0, 0.05) is 18.8 Å². The van der Waals surface area contributed by atoms with E-state index in [1.807, 2.05) is 13.2 Å². The van der Waals surface area contributed by atoms with Crippen LogP contribution in [0.25, 0.3) is 0 Å². The van der Waals surface area contributed by atoms with E-state index in [0.717, 1.165) is 12.2 Å². The van der Waals surface area contributed by atoms with Gasteiger partial charge in [-0.05, 0) is 25.7 Å². The van der Waals surface area contributed by atoms with E-state index in [4.69, 9.17) is 5.73 Å². The summed E-state index contributed by atoms with van der Waals surface area (Å²) in [5.41, 5.74) is 6.83. The molecule has 1 heterocycles. The molecule has 0 unspecified atom stereocenters. The Hall–Kier alpha value is -1.19. The Morgan fingerprint density at radius 2 is 1.88 bits per heavy atom. The van der Waals surface area contributed by atoms with Gasteiger partial charge < -0.3 is 11.1 Å². The molecule has 4 nitrogen and oxygen atoms in total. The molecule has 1 aromatic rings. The fraction of sp³-hybridized carbons (Fsp3) is 0.750. The van der Waals surface area contributed by atoms with Crippen LogP contribution in [0, 0.1) is 5.41 Å². The molecule has 0 fully saturated rings. The summed E-state index contributed by atoms with van der Waals surface area (Å²) < 4.78 is 1.73. The minimum absolute atomic E-state index is 0.0132. The van der Waals surface area contributed by atoms with E-state index in [2.05, 4.69) is 45.0 Å². The lowest BCUT2D eigenvalue weighted by Crippen LogP contribution is -2.35. The van der Waals surface area contributed by atoms with Crippen LogP contribution in [0.5, 0.6) is 0 Å². The van der Waals surface area contributed by atoms with Crippen LogP contribution in [-0.4, -0.2) is 15.3 Å². The Morgan fingerprint density at radius 1 is 1.31 bits per heavy atom. The number of hydrogen-bond acceptors (Lipinski definition) is 3. The largest absolute Gasteiger partial charge is 0.394 e. The molecule has 0 aliphatic heterocycles. The molecule has 1 rings (SSSR count). The Labute approximate surface area is 98.2 Å². The quantitative estimate of drug-likeness (QED) is 0.830. The molecule has 16 heavy (non-hydrogen) atoms. The molecule has 0 spiro atoms. The lowest BCUT2D eigenvalue weighted by molar-refractivity contribution is 0.302.